The van der Waals surface area contributed by atoms with Crippen LogP contribution in [0.2, 0.25) is 0 Å². The smallest absolute Gasteiger partial charge is 0.329 e. The fourth-order valence-corrected chi connectivity index (χ4v) is 3.69. The van der Waals surface area contributed by atoms with Crippen molar-refractivity contribution < 1.29 is 19.1 Å². The van der Waals surface area contributed by atoms with Crippen LogP contribution in [-0.4, -0.2) is 16.4 Å². The zero-order chi connectivity index (χ0) is 15.3. The molecule has 0 unspecified atom stereocenters. The molecule has 0 heterocycles. The molecule has 1 aliphatic carbocycles. The van der Waals surface area contributed by atoms with E-state index in [9.17, 15) is 4.57 Å². The first kappa shape index (κ1) is 16.5. The third-order valence-corrected chi connectivity index (χ3v) is 5.12. The Kier molecular flexibility index (Phi) is 5.48. The highest BCUT2D eigenvalue weighted by Crippen LogP contribution is 2.40. The van der Waals surface area contributed by atoms with E-state index in [-0.39, 0.29) is 6.16 Å². The number of rotatable bonds is 6. The van der Waals surface area contributed by atoms with Crippen molar-refractivity contribution >= 4 is 7.60 Å². The first-order chi connectivity index (χ1) is 9.86. The molecule has 4 nitrogen and oxygen atoms in total. The van der Waals surface area contributed by atoms with E-state index in [4.69, 9.17) is 14.5 Å². The highest BCUT2D eigenvalue weighted by molar-refractivity contribution is 7.50. The zero-order valence-electron chi connectivity index (χ0n) is 12.6. The predicted molar refractivity (Wildman–Crippen MR) is 83.5 cm³/mol. The monoisotopic (exact) mass is 312 g/mol. The van der Waals surface area contributed by atoms with Crippen molar-refractivity contribution in [3.05, 3.63) is 29.8 Å². The first-order valence-corrected chi connectivity index (χ1v) is 9.42. The molecule has 0 atom stereocenters. The maximum atomic E-state index is 10.9. The van der Waals surface area contributed by atoms with Crippen LogP contribution in [0.3, 0.4) is 0 Å². The quantitative estimate of drug-likeness (QED) is 0.776. The Morgan fingerprint density at radius 2 is 1.76 bits per heavy atom. The summed E-state index contributed by atoms with van der Waals surface area (Å²) in [7, 11) is -3.99. The van der Waals surface area contributed by atoms with Crippen LogP contribution in [0.15, 0.2) is 24.3 Å². The molecule has 0 spiro atoms. The Bertz CT molecular complexity index is 486. The molecular formula is C16H25O4P. The minimum atomic E-state index is -3.99. The van der Waals surface area contributed by atoms with Gasteiger partial charge in [-0.3, -0.25) is 4.57 Å². The van der Waals surface area contributed by atoms with Gasteiger partial charge in [-0.1, -0.05) is 38.3 Å². The molecule has 0 aromatic heterocycles. The summed E-state index contributed by atoms with van der Waals surface area (Å²) < 4.78 is 16.7. The molecule has 0 radical (unpaired) electrons. The fraction of sp³-hybridized carbons (Fsp3) is 0.625. The molecule has 2 rings (SSSR count). The van der Waals surface area contributed by atoms with Gasteiger partial charge in [-0.2, -0.15) is 0 Å². The van der Waals surface area contributed by atoms with Gasteiger partial charge in [0.1, 0.15) is 5.75 Å². The van der Waals surface area contributed by atoms with E-state index in [2.05, 4.69) is 6.92 Å². The molecule has 1 saturated carbocycles. The van der Waals surface area contributed by atoms with Gasteiger partial charge in [0.25, 0.3) is 0 Å². The van der Waals surface area contributed by atoms with E-state index in [1.54, 1.807) is 24.3 Å². The van der Waals surface area contributed by atoms with Crippen molar-refractivity contribution in [1.29, 1.82) is 0 Å². The van der Waals surface area contributed by atoms with Crippen LogP contribution in [0, 0.1) is 5.41 Å². The van der Waals surface area contributed by atoms with Gasteiger partial charge in [-0.05, 0) is 42.4 Å². The molecule has 0 saturated heterocycles. The number of benzene rings is 1. The lowest BCUT2D eigenvalue weighted by Crippen LogP contribution is -2.22. The lowest BCUT2D eigenvalue weighted by atomic mass is 9.74. The number of hydrogen-bond donors (Lipinski definition) is 2. The normalized spacial score (nSPS) is 18.4. The molecule has 2 N–H and O–H groups in total. The van der Waals surface area contributed by atoms with E-state index in [0.717, 1.165) is 12.2 Å². The second kappa shape index (κ2) is 6.95. The van der Waals surface area contributed by atoms with Gasteiger partial charge in [-0.25, -0.2) is 0 Å². The summed E-state index contributed by atoms with van der Waals surface area (Å²) in [6, 6.07) is 7.01. The van der Waals surface area contributed by atoms with Gasteiger partial charge >= 0.3 is 7.60 Å². The summed E-state index contributed by atoms with van der Waals surface area (Å²) in [5, 5.41) is 0. The summed E-state index contributed by atoms with van der Waals surface area (Å²) >= 11 is 0. The van der Waals surface area contributed by atoms with Crippen molar-refractivity contribution in [1.82, 2.24) is 0 Å². The van der Waals surface area contributed by atoms with E-state index in [1.807, 2.05) is 0 Å². The molecule has 21 heavy (non-hydrogen) atoms. The van der Waals surface area contributed by atoms with Gasteiger partial charge in [0, 0.05) is 0 Å². The average molecular weight is 312 g/mol. The summed E-state index contributed by atoms with van der Waals surface area (Å²) in [4.78, 5) is 17.9. The zero-order valence-corrected chi connectivity index (χ0v) is 13.5. The minimum Gasteiger partial charge on any atom is -0.494 e. The standard InChI is InChI=1S/C16H25O4P/c1-16(9-3-2-4-10-16)11-12-20-15-7-5-14(6-8-15)13-21(17,18)19/h5-8H,2-4,9-13H2,1H3,(H2,17,18,19). The highest BCUT2D eigenvalue weighted by atomic mass is 31.2. The summed E-state index contributed by atoms with van der Waals surface area (Å²) in [6.45, 7) is 3.05. The van der Waals surface area contributed by atoms with E-state index in [1.165, 1.54) is 32.1 Å². The lowest BCUT2D eigenvalue weighted by molar-refractivity contribution is 0.157. The van der Waals surface area contributed by atoms with E-state index < -0.39 is 7.60 Å². The summed E-state index contributed by atoms with van der Waals surface area (Å²) in [5.41, 5.74) is 1.05. The van der Waals surface area contributed by atoms with Crippen LogP contribution in [0.1, 0.15) is 51.0 Å². The molecule has 1 aromatic carbocycles. The SMILES string of the molecule is CC1(CCOc2ccc(CP(=O)(O)O)cc2)CCCCC1. The second-order valence-electron chi connectivity index (χ2n) is 6.44. The van der Waals surface area contributed by atoms with Crippen LogP contribution in [0.5, 0.6) is 5.75 Å². The van der Waals surface area contributed by atoms with Crippen LogP contribution in [0.4, 0.5) is 0 Å². The van der Waals surface area contributed by atoms with Gasteiger partial charge < -0.3 is 14.5 Å². The molecule has 5 heteroatoms. The van der Waals surface area contributed by atoms with E-state index in [0.29, 0.717) is 17.6 Å². The van der Waals surface area contributed by atoms with Crippen molar-refractivity contribution in [3.8, 4) is 5.75 Å². The minimum absolute atomic E-state index is 0.217. The number of hydrogen-bond acceptors (Lipinski definition) is 2. The van der Waals surface area contributed by atoms with Crippen molar-refractivity contribution in [3.63, 3.8) is 0 Å². The molecule has 0 bridgehead atoms. The fourth-order valence-electron chi connectivity index (χ4n) is 3.00. The van der Waals surface area contributed by atoms with Crippen molar-refractivity contribution in [2.75, 3.05) is 6.61 Å². The van der Waals surface area contributed by atoms with Gasteiger partial charge in [0.05, 0.1) is 12.8 Å². The predicted octanol–water partition coefficient (Wildman–Crippen LogP) is 4.10. The van der Waals surface area contributed by atoms with Gasteiger partial charge in [0.2, 0.25) is 0 Å². The molecule has 1 aliphatic rings. The third-order valence-electron chi connectivity index (χ3n) is 4.35. The molecular weight excluding hydrogens is 287 g/mol. The summed E-state index contributed by atoms with van der Waals surface area (Å²) in [5.74, 6) is 0.767. The van der Waals surface area contributed by atoms with Crippen LogP contribution in [0.25, 0.3) is 0 Å². The number of ether oxygens (including phenoxy) is 1. The van der Waals surface area contributed by atoms with Gasteiger partial charge in [0.15, 0.2) is 0 Å². The van der Waals surface area contributed by atoms with Crippen molar-refractivity contribution in [2.24, 2.45) is 5.41 Å². The average Bonchev–Trinajstić information content (AvgIpc) is 2.40. The maximum absolute atomic E-state index is 10.9. The van der Waals surface area contributed by atoms with E-state index >= 15 is 0 Å². The Morgan fingerprint density at radius 3 is 2.33 bits per heavy atom. The molecule has 0 aliphatic heterocycles. The molecule has 0 amide bonds. The van der Waals surface area contributed by atoms with Crippen molar-refractivity contribution in [2.45, 2.75) is 51.6 Å². The Balaban J connectivity index is 1.79. The highest BCUT2D eigenvalue weighted by Gasteiger charge is 2.26. The topological polar surface area (TPSA) is 66.8 Å². The Hall–Kier alpha value is -0.830. The van der Waals surface area contributed by atoms with Crippen LogP contribution < -0.4 is 4.74 Å². The largest absolute Gasteiger partial charge is 0.494 e. The molecule has 1 aromatic rings. The molecule has 1 fully saturated rings. The lowest BCUT2D eigenvalue weighted by Gasteiger charge is -2.33. The Morgan fingerprint density at radius 1 is 1.14 bits per heavy atom. The first-order valence-electron chi connectivity index (χ1n) is 7.63. The summed E-state index contributed by atoms with van der Waals surface area (Å²) in [6.07, 6.45) is 7.44. The van der Waals surface area contributed by atoms with Crippen LogP contribution in [-0.2, 0) is 10.7 Å². The van der Waals surface area contributed by atoms with Gasteiger partial charge in [-0.15, -0.1) is 0 Å². The molecule has 118 valence electrons. The Labute approximate surface area is 126 Å². The maximum Gasteiger partial charge on any atom is 0.329 e. The third kappa shape index (κ3) is 5.82. The van der Waals surface area contributed by atoms with Crippen LogP contribution >= 0.6 is 7.60 Å². The second-order valence-corrected chi connectivity index (χ2v) is 8.08.